The summed E-state index contributed by atoms with van der Waals surface area (Å²) < 4.78 is 17.7. The molecule has 4 heteroatoms. The predicted octanol–water partition coefficient (Wildman–Crippen LogP) is 1.54. The topological polar surface area (TPSA) is 53.2 Å². The second-order valence-electron chi connectivity index (χ2n) is 2.70. The van der Waals surface area contributed by atoms with Gasteiger partial charge in [-0.3, -0.25) is 0 Å². The summed E-state index contributed by atoms with van der Waals surface area (Å²) in [6.07, 6.45) is 0.607. The van der Waals surface area contributed by atoms with Gasteiger partial charge in [0.15, 0.2) is 0 Å². The lowest BCUT2D eigenvalue weighted by atomic mass is 9.96. The largest absolute Gasteiger partial charge is 0.502 e. The van der Waals surface area contributed by atoms with E-state index in [1.54, 1.807) is 13.0 Å². The number of halogens is 1. The number of ether oxygens (including phenoxy) is 1. The third kappa shape index (κ3) is 3.90. The summed E-state index contributed by atoms with van der Waals surface area (Å²) in [4.78, 5) is 0. The Balaban J connectivity index is 4.33. The van der Waals surface area contributed by atoms with Gasteiger partial charge in [0.2, 0.25) is 0 Å². The monoisotopic (exact) mass is 187 g/mol. The van der Waals surface area contributed by atoms with Crippen molar-refractivity contribution in [1.29, 1.82) is 5.26 Å². The van der Waals surface area contributed by atoms with Gasteiger partial charge in [-0.25, -0.2) is 4.39 Å². The molecule has 0 heterocycles. The third-order valence-electron chi connectivity index (χ3n) is 1.67. The normalized spacial score (nSPS) is 17.8. The fourth-order valence-corrected chi connectivity index (χ4v) is 0.721. The minimum Gasteiger partial charge on any atom is -0.502 e. The van der Waals surface area contributed by atoms with Gasteiger partial charge < -0.3 is 9.84 Å². The van der Waals surface area contributed by atoms with E-state index in [0.717, 1.165) is 0 Å². The highest BCUT2D eigenvalue weighted by molar-refractivity contribution is 5.06. The molecule has 13 heavy (non-hydrogen) atoms. The maximum absolute atomic E-state index is 12.9. The Morgan fingerprint density at radius 3 is 2.77 bits per heavy atom. The standard InChI is InChI=1S/C9H14FNO2/c1-3-13-7-5-9(12,4-6-11)8(2)10/h5,7-8,12H,3-4H2,1-2H3/b7-5+. The Morgan fingerprint density at radius 1 is 1.77 bits per heavy atom. The summed E-state index contributed by atoms with van der Waals surface area (Å²) in [5, 5.41) is 17.9. The van der Waals surface area contributed by atoms with Gasteiger partial charge in [-0.15, -0.1) is 0 Å². The predicted molar refractivity (Wildman–Crippen MR) is 46.5 cm³/mol. The number of alkyl halides is 1. The summed E-state index contributed by atoms with van der Waals surface area (Å²) in [5.41, 5.74) is -1.73. The molecule has 0 aromatic carbocycles. The van der Waals surface area contributed by atoms with E-state index in [1.807, 2.05) is 0 Å². The maximum Gasteiger partial charge on any atom is 0.131 e. The van der Waals surface area contributed by atoms with Crippen molar-refractivity contribution in [1.82, 2.24) is 0 Å². The van der Waals surface area contributed by atoms with Crippen LogP contribution in [0.1, 0.15) is 20.3 Å². The number of nitrogens with zero attached hydrogens (tertiary/aromatic N) is 1. The molecule has 0 saturated heterocycles. The number of hydrogen-bond acceptors (Lipinski definition) is 3. The zero-order valence-electron chi connectivity index (χ0n) is 7.83. The SMILES string of the molecule is CCO/C=C/C(O)(CC#N)C(C)F. The lowest BCUT2D eigenvalue weighted by molar-refractivity contribution is 0.0172. The van der Waals surface area contributed by atoms with Crippen molar-refractivity contribution in [2.24, 2.45) is 0 Å². The molecule has 0 spiro atoms. The smallest absolute Gasteiger partial charge is 0.131 e. The van der Waals surface area contributed by atoms with Crippen molar-refractivity contribution in [3.05, 3.63) is 12.3 Å². The minimum atomic E-state index is -1.73. The van der Waals surface area contributed by atoms with E-state index in [1.165, 1.54) is 19.3 Å². The fraction of sp³-hybridized carbons (Fsp3) is 0.667. The molecular weight excluding hydrogens is 173 g/mol. The Morgan fingerprint density at radius 2 is 2.38 bits per heavy atom. The van der Waals surface area contributed by atoms with Crippen molar-refractivity contribution >= 4 is 0 Å². The molecule has 0 bridgehead atoms. The van der Waals surface area contributed by atoms with Gasteiger partial charge in [-0.2, -0.15) is 5.26 Å². The molecule has 0 aliphatic rings. The van der Waals surface area contributed by atoms with Crippen LogP contribution in [0.25, 0.3) is 0 Å². The molecule has 3 nitrogen and oxygen atoms in total. The van der Waals surface area contributed by atoms with Gasteiger partial charge in [0.25, 0.3) is 0 Å². The molecule has 0 rings (SSSR count). The van der Waals surface area contributed by atoms with Crippen LogP contribution in [0.15, 0.2) is 12.3 Å². The second-order valence-corrected chi connectivity index (χ2v) is 2.70. The summed E-state index contributed by atoms with van der Waals surface area (Å²) in [7, 11) is 0. The van der Waals surface area contributed by atoms with Crippen LogP contribution in [-0.2, 0) is 4.74 Å². The molecule has 0 aromatic heterocycles. The average molecular weight is 187 g/mol. The summed E-state index contributed by atoms with van der Waals surface area (Å²) in [6.45, 7) is 3.42. The van der Waals surface area contributed by atoms with Gasteiger partial charge in [0.05, 0.1) is 25.4 Å². The lowest BCUT2D eigenvalue weighted by Crippen LogP contribution is -2.35. The van der Waals surface area contributed by atoms with Crippen molar-refractivity contribution in [2.45, 2.75) is 32.0 Å². The quantitative estimate of drug-likeness (QED) is 0.664. The highest BCUT2D eigenvalue weighted by Crippen LogP contribution is 2.19. The second kappa shape index (κ2) is 5.55. The van der Waals surface area contributed by atoms with Crippen molar-refractivity contribution in [3.8, 4) is 6.07 Å². The van der Waals surface area contributed by atoms with E-state index in [0.29, 0.717) is 6.61 Å². The molecule has 0 aromatic rings. The molecule has 74 valence electrons. The zero-order chi connectivity index (χ0) is 10.3. The first-order valence-corrected chi connectivity index (χ1v) is 4.09. The third-order valence-corrected chi connectivity index (χ3v) is 1.67. The first-order valence-electron chi connectivity index (χ1n) is 4.09. The molecule has 2 unspecified atom stereocenters. The van der Waals surface area contributed by atoms with Crippen LogP contribution in [-0.4, -0.2) is 23.5 Å². The molecule has 0 fully saturated rings. The first-order chi connectivity index (χ1) is 6.06. The Bertz CT molecular complexity index is 210. The van der Waals surface area contributed by atoms with Crippen LogP contribution < -0.4 is 0 Å². The van der Waals surface area contributed by atoms with Crippen molar-refractivity contribution in [2.75, 3.05) is 6.61 Å². The minimum absolute atomic E-state index is 0.283. The highest BCUT2D eigenvalue weighted by Gasteiger charge is 2.31. The van der Waals surface area contributed by atoms with E-state index in [2.05, 4.69) is 0 Å². The Kier molecular flexibility index (Phi) is 5.09. The molecule has 0 radical (unpaired) electrons. The van der Waals surface area contributed by atoms with E-state index >= 15 is 0 Å². The van der Waals surface area contributed by atoms with Crippen LogP contribution >= 0.6 is 0 Å². The van der Waals surface area contributed by atoms with Gasteiger partial charge >= 0.3 is 0 Å². The highest BCUT2D eigenvalue weighted by atomic mass is 19.1. The molecule has 1 N–H and O–H groups in total. The molecular formula is C9H14FNO2. The molecule has 0 amide bonds. The Labute approximate surface area is 77.4 Å². The summed E-state index contributed by atoms with van der Waals surface area (Å²) >= 11 is 0. The van der Waals surface area contributed by atoms with Crippen LogP contribution in [0.2, 0.25) is 0 Å². The lowest BCUT2D eigenvalue weighted by Gasteiger charge is -2.22. The van der Waals surface area contributed by atoms with Gasteiger partial charge in [-0.05, 0) is 19.9 Å². The van der Waals surface area contributed by atoms with Gasteiger partial charge in [0.1, 0.15) is 11.8 Å². The summed E-state index contributed by atoms with van der Waals surface area (Å²) in [6, 6.07) is 1.72. The van der Waals surface area contributed by atoms with E-state index in [4.69, 9.17) is 10.00 Å². The van der Waals surface area contributed by atoms with Crippen LogP contribution in [0, 0.1) is 11.3 Å². The van der Waals surface area contributed by atoms with Crippen molar-refractivity contribution < 1.29 is 14.2 Å². The first kappa shape index (κ1) is 11.9. The van der Waals surface area contributed by atoms with Gasteiger partial charge in [0, 0.05) is 0 Å². The maximum atomic E-state index is 12.9. The van der Waals surface area contributed by atoms with Crippen LogP contribution in [0.3, 0.4) is 0 Å². The molecule has 0 aliphatic carbocycles. The molecule has 2 atom stereocenters. The number of rotatable bonds is 5. The fourth-order valence-electron chi connectivity index (χ4n) is 0.721. The van der Waals surface area contributed by atoms with Gasteiger partial charge in [-0.1, -0.05) is 0 Å². The average Bonchev–Trinajstić information content (AvgIpc) is 2.05. The van der Waals surface area contributed by atoms with E-state index in [9.17, 15) is 9.50 Å². The number of aliphatic hydroxyl groups is 1. The molecule has 0 aliphatic heterocycles. The zero-order valence-corrected chi connectivity index (χ0v) is 7.83. The van der Waals surface area contributed by atoms with E-state index in [-0.39, 0.29) is 6.42 Å². The number of hydrogen-bond donors (Lipinski definition) is 1. The molecule has 0 saturated carbocycles. The number of nitriles is 1. The summed E-state index contributed by atoms with van der Waals surface area (Å²) in [5.74, 6) is 0. The van der Waals surface area contributed by atoms with Crippen molar-refractivity contribution in [3.63, 3.8) is 0 Å². The Hall–Kier alpha value is -1.08. The van der Waals surface area contributed by atoms with Crippen LogP contribution in [0.5, 0.6) is 0 Å². The van der Waals surface area contributed by atoms with Crippen LogP contribution in [0.4, 0.5) is 4.39 Å². The van der Waals surface area contributed by atoms with E-state index < -0.39 is 11.8 Å².